The summed E-state index contributed by atoms with van der Waals surface area (Å²) < 4.78 is 5.09. The maximum atomic E-state index is 11.9. The molecule has 0 unspecified atom stereocenters. The van der Waals surface area contributed by atoms with Gasteiger partial charge in [-0.25, -0.2) is 0 Å². The second-order valence-electron chi connectivity index (χ2n) is 4.70. The molecular formula is C13H18N2O2. The van der Waals surface area contributed by atoms with Gasteiger partial charge in [-0.2, -0.15) is 0 Å². The molecule has 1 saturated carbocycles. The van der Waals surface area contributed by atoms with E-state index in [-0.39, 0.29) is 5.91 Å². The molecular weight excluding hydrogens is 216 g/mol. The predicted octanol–water partition coefficient (Wildman–Crippen LogP) is 1.81. The van der Waals surface area contributed by atoms with Crippen LogP contribution in [0.25, 0.3) is 0 Å². The Labute approximate surface area is 101 Å². The molecule has 0 atom stereocenters. The van der Waals surface area contributed by atoms with Crippen LogP contribution in [0, 0.1) is 5.92 Å². The highest BCUT2D eigenvalue weighted by Crippen LogP contribution is 2.27. The van der Waals surface area contributed by atoms with Gasteiger partial charge in [0, 0.05) is 11.6 Å². The van der Waals surface area contributed by atoms with Crippen LogP contribution >= 0.6 is 0 Å². The topological polar surface area (TPSA) is 64.3 Å². The number of hydrogen-bond donors (Lipinski definition) is 2. The summed E-state index contributed by atoms with van der Waals surface area (Å²) >= 11 is 0. The number of nitrogens with two attached hydrogens (primary N) is 1. The lowest BCUT2D eigenvalue weighted by atomic mass is 9.82. The monoisotopic (exact) mass is 234 g/mol. The Kier molecular flexibility index (Phi) is 3.22. The first-order valence-electron chi connectivity index (χ1n) is 5.84. The maximum Gasteiger partial charge on any atom is 0.251 e. The van der Waals surface area contributed by atoms with E-state index < -0.39 is 0 Å². The average molecular weight is 234 g/mol. The summed E-state index contributed by atoms with van der Waals surface area (Å²) in [7, 11) is 1.54. The van der Waals surface area contributed by atoms with E-state index in [1.165, 1.54) is 0 Å². The number of rotatable bonds is 3. The van der Waals surface area contributed by atoms with Crippen LogP contribution in [0.1, 0.15) is 30.1 Å². The minimum absolute atomic E-state index is 0.0554. The van der Waals surface area contributed by atoms with Gasteiger partial charge in [-0.1, -0.05) is 6.92 Å². The van der Waals surface area contributed by atoms with E-state index in [1.54, 1.807) is 25.3 Å². The molecule has 0 heterocycles. The lowest BCUT2D eigenvalue weighted by molar-refractivity contribution is 0.0896. The zero-order valence-corrected chi connectivity index (χ0v) is 10.2. The third-order valence-corrected chi connectivity index (χ3v) is 3.20. The largest absolute Gasteiger partial charge is 0.495 e. The van der Waals surface area contributed by atoms with E-state index >= 15 is 0 Å². The normalized spacial score (nSPS) is 22.7. The van der Waals surface area contributed by atoms with Crippen molar-refractivity contribution in [2.45, 2.75) is 25.8 Å². The van der Waals surface area contributed by atoms with Crippen molar-refractivity contribution in [3.8, 4) is 5.75 Å². The second-order valence-corrected chi connectivity index (χ2v) is 4.70. The second kappa shape index (κ2) is 4.65. The molecule has 0 spiro atoms. The van der Waals surface area contributed by atoms with Crippen molar-refractivity contribution in [2.24, 2.45) is 5.92 Å². The summed E-state index contributed by atoms with van der Waals surface area (Å²) in [5.41, 5.74) is 6.84. The van der Waals surface area contributed by atoms with Gasteiger partial charge in [-0.15, -0.1) is 0 Å². The molecule has 2 rings (SSSR count). The van der Waals surface area contributed by atoms with Crippen LogP contribution in [-0.4, -0.2) is 19.1 Å². The predicted molar refractivity (Wildman–Crippen MR) is 67.1 cm³/mol. The molecule has 4 nitrogen and oxygen atoms in total. The molecule has 0 bridgehead atoms. The van der Waals surface area contributed by atoms with Gasteiger partial charge < -0.3 is 15.8 Å². The number of nitrogens with one attached hydrogen (secondary N) is 1. The number of benzene rings is 1. The van der Waals surface area contributed by atoms with Crippen molar-refractivity contribution in [2.75, 3.05) is 12.8 Å². The van der Waals surface area contributed by atoms with Crippen molar-refractivity contribution < 1.29 is 9.53 Å². The molecule has 0 saturated heterocycles. The zero-order valence-electron chi connectivity index (χ0n) is 10.2. The number of carbonyl (C=O) groups is 1. The molecule has 1 aliphatic rings. The fourth-order valence-corrected chi connectivity index (χ4v) is 2.14. The fourth-order valence-electron chi connectivity index (χ4n) is 2.14. The number of amides is 1. The summed E-state index contributed by atoms with van der Waals surface area (Å²) in [4.78, 5) is 11.9. The third kappa shape index (κ3) is 2.52. The molecule has 0 aromatic heterocycles. The summed E-state index contributed by atoms with van der Waals surface area (Å²) in [5, 5.41) is 3.00. The summed E-state index contributed by atoms with van der Waals surface area (Å²) in [6, 6.07) is 5.40. The number of anilines is 1. The molecule has 3 N–H and O–H groups in total. The van der Waals surface area contributed by atoms with Crippen LogP contribution in [-0.2, 0) is 0 Å². The van der Waals surface area contributed by atoms with E-state index in [2.05, 4.69) is 12.2 Å². The van der Waals surface area contributed by atoms with Gasteiger partial charge in [0.15, 0.2) is 0 Å². The SMILES string of the molecule is COc1cc(C(=O)NC2CC(C)C2)ccc1N. The van der Waals surface area contributed by atoms with Gasteiger partial charge in [0.2, 0.25) is 0 Å². The van der Waals surface area contributed by atoms with E-state index in [0.29, 0.717) is 23.0 Å². The van der Waals surface area contributed by atoms with Gasteiger partial charge in [-0.3, -0.25) is 4.79 Å². The standard InChI is InChI=1S/C13H18N2O2/c1-8-5-10(6-8)15-13(16)9-3-4-11(14)12(7-9)17-2/h3-4,7-8,10H,5-6,14H2,1-2H3,(H,15,16). The van der Waals surface area contributed by atoms with Gasteiger partial charge >= 0.3 is 0 Å². The van der Waals surface area contributed by atoms with E-state index in [9.17, 15) is 4.79 Å². The third-order valence-electron chi connectivity index (χ3n) is 3.20. The van der Waals surface area contributed by atoms with Gasteiger partial charge in [0.05, 0.1) is 12.8 Å². The summed E-state index contributed by atoms with van der Waals surface area (Å²) in [6.07, 6.45) is 2.13. The Balaban J connectivity index is 2.03. The Hall–Kier alpha value is -1.71. The lowest BCUT2D eigenvalue weighted by Gasteiger charge is -2.33. The number of nitrogen functional groups attached to an aromatic ring is 1. The van der Waals surface area contributed by atoms with Crippen molar-refractivity contribution in [1.29, 1.82) is 0 Å². The van der Waals surface area contributed by atoms with Crippen LogP contribution < -0.4 is 15.8 Å². The van der Waals surface area contributed by atoms with Crippen molar-refractivity contribution in [3.63, 3.8) is 0 Å². The van der Waals surface area contributed by atoms with Crippen molar-refractivity contribution in [1.82, 2.24) is 5.32 Å². The van der Waals surface area contributed by atoms with Crippen molar-refractivity contribution >= 4 is 11.6 Å². The Morgan fingerprint density at radius 1 is 1.47 bits per heavy atom. The molecule has 0 aliphatic heterocycles. The Morgan fingerprint density at radius 3 is 2.76 bits per heavy atom. The molecule has 92 valence electrons. The summed E-state index contributed by atoms with van der Waals surface area (Å²) in [5.74, 6) is 1.21. The minimum Gasteiger partial charge on any atom is -0.495 e. The highest BCUT2D eigenvalue weighted by Gasteiger charge is 2.26. The average Bonchev–Trinajstić information content (AvgIpc) is 2.27. The van der Waals surface area contributed by atoms with Crippen LogP contribution in [0.2, 0.25) is 0 Å². The number of carbonyl (C=O) groups excluding carboxylic acids is 1. The van der Waals surface area contributed by atoms with E-state index in [1.807, 2.05) is 0 Å². The first-order chi connectivity index (χ1) is 8.10. The fraction of sp³-hybridized carbons (Fsp3) is 0.462. The number of methoxy groups -OCH3 is 1. The molecule has 0 radical (unpaired) electrons. The van der Waals surface area contributed by atoms with Gasteiger partial charge in [0.1, 0.15) is 5.75 Å². The number of ether oxygens (including phenoxy) is 1. The van der Waals surface area contributed by atoms with Crippen LogP contribution in [0.4, 0.5) is 5.69 Å². The molecule has 1 aromatic rings. The number of hydrogen-bond acceptors (Lipinski definition) is 3. The lowest BCUT2D eigenvalue weighted by Crippen LogP contribution is -2.43. The Morgan fingerprint density at radius 2 is 2.18 bits per heavy atom. The van der Waals surface area contributed by atoms with E-state index in [4.69, 9.17) is 10.5 Å². The first-order valence-corrected chi connectivity index (χ1v) is 5.84. The maximum absolute atomic E-state index is 11.9. The highest BCUT2D eigenvalue weighted by atomic mass is 16.5. The highest BCUT2D eigenvalue weighted by molar-refractivity contribution is 5.95. The zero-order chi connectivity index (χ0) is 12.4. The molecule has 1 aliphatic carbocycles. The Bertz CT molecular complexity index is 425. The van der Waals surface area contributed by atoms with Crippen LogP contribution in [0.15, 0.2) is 18.2 Å². The van der Waals surface area contributed by atoms with Crippen LogP contribution in [0.5, 0.6) is 5.75 Å². The molecule has 1 aromatic carbocycles. The molecule has 4 heteroatoms. The first kappa shape index (κ1) is 11.8. The molecule has 17 heavy (non-hydrogen) atoms. The quantitative estimate of drug-likeness (QED) is 0.784. The van der Waals surface area contributed by atoms with Gasteiger partial charge in [-0.05, 0) is 37.0 Å². The van der Waals surface area contributed by atoms with Crippen LogP contribution in [0.3, 0.4) is 0 Å². The smallest absolute Gasteiger partial charge is 0.251 e. The van der Waals surface area contributed by atoms with Gasteiger partial charge in [0.25, 0.3) is 5.91 Å². The van der Waals surface area contributed by atoms with Crippen molar-refractivity contribution in [3.05, 3.63) is 23.8 Å². The molecule has 1 fully saturated rings. The van der Waals surface area contributed by atoms with E-state index in [0.717, 1.165) is 18.8 Å². The molecule has 1 amide bonds. The minimum atomic E-state index is -0.0554. The summed E-state index contributed by atoms with van der Waals surface area (Å²) in [6.45, 7) is 2.19.